The second kappa shape index (κ2) is 5.19. The van der Waals surface area contributed by atoms with E-state index in [1.54, 1.807) is 6.33 Å². The van der Waals surface area contributed by atoms with E-state index < -0.39 is 0 Å². The average molecular weight is 294 g/mol. The van der Waals surface area contributed by atoms with E-state index in [4.69, 9.17) is 30.1 Å². The molecule has 1 aliphatic rings. The molecule has 1 fully saturated rings. The highest BCUT2D eigenvalue weighted by molar-refractivity contribution is 6.33. The maximum Gasteiger partial charge on any atom is 0.282 e. The molecule has 0 aliphatic carbocycles. The third-order valence-electron chi connectivity index (χ3n) is 3.41. The highest BCUT2D eigenvalue weighted by atomic mass is 35.5. The van der Waals surface area contributed by atoms with E-state index in [0.717, 1.165) is 6.42 Å². The second-order valence-corrected chi connectivity index (χ2v) is 5.25. The van der Waals surface area contributed by atoms with Gasteiger partial charge in [-0.05, 0) is 6.42 Å². The monoisotopic (exact) mass is 293 g/mol. The maximum absolute atomic E-state index is 6.01. The molecule has 7 nitrogen and oxygen atoms in total. The fourth-order valence-electron chi connectivity index (χ4n) is 2.56. The van der Waals surface area contributed by atoms with Gasteiger partial charge in [-0.25, -0.2) is 4.98 Å². The Kier molecular flexibility index (Phi) is 3.53. The summed E-state index contributed by atoms with van der Waals surface area (Å²) in [6.07, 6.45) is 2.23. The first-order valence-corrected chi connectivity index (χ1v) is 6.60. The number of nitrogens with zero attached hydrogens (tertiary/aromatic N) is 4. The molecular weight excluding hydrogens is 280 g/mol. The van der Waals surface area contributed by atoms with E-state index in [2.05, 4.69) is 26.5 Å². The number of halogens is 1. The number of hydrogen-bond acceptors (Lipinski definition) is 6. The molecule has 3 rings (SSSR count). The van der Waals surface area contributed by atoms with Crippen molar-refractivity contribution in [2.75, 3.05) is 12.3 Å². The molecular formula is C11H13BClN5O2. The molecule has 20 heavy (non-hydrogen) atoms. The zero-order valence-electron chi connectivity index (χ0n) is 10.9. The van der Waals surface area contributed by atoms with Crippen LogP contribution < -0.4 is 5.73 Å². The van der Waals surface area contributed by atoms with E-state index in [9.17, 15) is 0 Å². The molecule has 0 spiro atoms. The van der Waals surface area contributed by atoms with E-state index in [-0.39, 0.29) is 29.4 Å². The lowest BCUT2D eigenvalue weighted by Gasteiger charge is -2.17. The second-order valence-electron chi connectivity index (χ2n) is 4.89. The number of nitrogen functional groups attached to an aromatic ring is 1. The molecule has 3 unspecified atom stereocenters. The number of rotatable bonds is 3. The van der Waals surface area contributed by atoms with Gasteiger partial charge in [0.25, 0.3) is 8.05 Å². The predicted molar refractivity (Wildman–Crippen MR) is 74.1 cm³/mol. The Balaban J connectivity index is 1.98. The van der Waals surface area contributed by atoms with Gasteiger partial charge in [0.2, 0.25) is 5.95 Å². The number of fused-ring (bicyclic) bond motifs is 1. The first-order chi connectivity index (χ1) is 9.60. The summed E-state index contributed by atoms with van der Waals surface area (Å²) in [5.74, 6) is 0.374. The van der Waals surface area contributed by atoms with Crippen LogP contribution in [0.4, 0.5) is 5.95 Å². The Bertz CT molecular complexity index is 637. The average Bonchev–Trinajstić information content (AvgIpc) is 2.93. The van der Waals surface area contributed by atoms with Crippen LogP contribution in [0.3, 0.4) is 0 Å². The van der Waals surface area contributed by atoms with Gasteiger partial charge >= 0.3 is 0 Å². The highest BCUT2D eigenvalue weighted by Gasteiger charge is 2.34. The van der Waals surface area contributed by atoms with Crippen molar-refractivity contribution >= 4 is 36.8 Å². The van der Waals surface area contributed by atoms with Crippen molar-refractivity contribution in [2.45, 2.75) is 25.7 Å². The minimum absolute atomic E-state index is 0.0490. The van der Waals surface area contributed by atoms with Gasteiger partial charge < -0.3 is 15.1 Å². The molecule has 0 amide bonds. The third-order valence-corrected chi connectivity index (χ3v) is 3.67. The molecule has 2 aromatic rings. The summed E-state index contributed by atoms with van der Waals surface area (Å²) in [5.41, 5.74) is 6.71. The van der Waals surface area contributed by atoms with Crippen molar-refractivity contribution in [3.63, 3.8) is 0 Å². The highest BCUT2D eigenvalue weighted by Crippen LogP contribution is 2.36. The molecule has 0 bridgehead atoms. The van der Waals surface area contributed by atoms with Crippen molar-refractivity contribution in [3.05, 3.63) is 11.5 Å². The number of anilines is 1. The first kappa shape index (κ1) is 13.6. The van der Waals surface area contributed by atoms with E-state index in [1.807, 2.05) is 4.57 Å². The van der Waals surface area contributed by atoms with Crippen molar-refractivity contribution in [3.8, 4) is 0 Å². The van der Waals surface area contributed by atoms with Crippen molar-refractivity contribution in [1.82, 2.24) is 19.5 Å². The molecule has 104 valence electrons. The minimum atomic E-state index is -0.203. The molecule has 1 aliphatic heterocycles. The predicted octanol–water partition coefficient (Wildman–Crippen LogP) is 1.09. The Morgan fingerprint density at radius 3 is 3.15 bits per heavy atom. The number of ether oxygens (including phenoxy) is 1. The summed E-state index contributed by atoms with van der Waals surface area (Å²) in [4.78, 5) is 12.3. The Hall–Kier alpha value is -1.38. The van der Waals surface area contributed by atoms with E-state index in [0.29, 0.717) is 17.8 Å². The lowest BCUT2D eigenvalue weighted by atomic mass is 10.1. The summed E-state index contributed by atoms with van der Waals surface area (Å²) in [6.45, 7) is 2.44. The molecule has 2 N–H and O–H groups in total. The largest absolute Gasteiger partial charge is 0.445 e. The molecule has 0 aromatic carbocycles. The number of nitrogens with two attached hydrogens (primary N) is 1. The standard InChI is InChI=1S/C11H13BClN5O2/c1-5-2-6(3-19-12)20-10(5)18-4-15-7-8(13)16-11(14)17-9(7)18/h4-6,10H,2-3H2,1H3,(H2,14,16,17). The summed E-state index contributed by atoms with van der Waals surface area (Å²) >= 11 is 6.01. The van der Waals surface area contributed by atoms with Gasteiger partial charge in [-0.15, -0.1) is 0 Å². The minimum Gasteiger partial charge on any atom is -0.445 e. The quantitative estimate of drug-likeness (QED) is 0.673. The maximum atomic E-state index is 6.01. The normalized spacial score (nSPS) is 26.4. The lowest BCUT2D eigenvalue weighted by Crippen LogP contribution is -2.16. The zero-order valence-corrected chi connectivity index (χ0v) is 11.6. The van der Waals surface area contributed by atoms with Gasteiger partial charge in [-0.2, -0.15) is 9.97 Å². The Labute approximate surface area is 121 Å². The van der Waals surface area contributed by atoms with Crippen LogP contribution in [-0.4, -0.2) is 40.3 Å². The Morgan fingerprint density at radius 2 is 2.40 bits per heavy atom. The van der Waals surface area contributed by atoms with Crippen molar-refractivity contribution < 1.29 is 9.39 Å². The van der Waals surface area contributed by atoms with Crippen molar-refractivity contribution in [1.29, 1.82) is 0 Å². The summed E-state index contributed by atoms with van der Waals surface area (Å²) in [5, 5.41) is 0.235. The van der Waals surface area contributed by atoms with Gasteiger partial charge in [0.05, 0.1) is 19.0 Å². The van der Waals surface area contributed by atoms with Gasteiger partial charge in [-0.3, -0.25) is 4.57 Å². The van der Waals surface area contributed by atoms with Gasteiger partial charge in [0.15, 0.2) is 10.8 Å². The fourth-order valence-corrected chi connectivity index (χ4v) is 2.78. The topological polar surface area (TPSA) is 88.1 Å². The summed E-state index contributed by atoms with van der Waals surface area (Å²) < 4.78 is 12.4. The van der Waals surface area contributed by atoms with Gasteiger partial charge in [-0.1, -0.05) is 18.5 Å². The van der Waals surface area contributed by atoms with E-state index in [1.165, 1.54) is 0 Å². The van der Waals surface area contributed by atoms with E-state index >= 15 is 0 Å². The molecule has 2 radical (unpaired) electrons. The summed E-state index contributed by atoms with van der Waals surface area (Å²) in [7, 11) is 5.09. The van der Waals surface area contributed by atoms with Crippen LogP contribution in [0.15, 0.2) is 6.33 Å². The molecule has 3 heterocycles. The fraction of sp³-hybridized carbons (Fsp3) is 0.545. The Morgan fingerprint density at radius 1 is 1.60 bits per heavy atom. The molecule has 2 aromatic heterocycles. The van der Waals surface area contributed by atoms with Gasteiger partial charge in [0.1, 0.15) is 11.7 Å². The molecule has 0 saturated carbocycles. The van der Waals surface area contributed by atoms with Crippen LogP contribution in [0, 0.1) is 5.92 Å². The molecule has 1 saturated heterocycles. The van der Waals surface area contributed by atoms with Crippen LogP contribution in [-0.2, 0) is 9.39 Å². The number of imidazole rings is 1. The smallest absolute Gasteiger partial charge is 0.282 e. The SMILES string of the molecule is [B]OCC1CC(C)C(n2cnc3c(Cl)nc(N)nc32)O1. The number of aromatic nitrogens is 4. The number of hydrogen-bond donors (Lipinski definition) is 1. The van der Waals surface area contributed by atoms with Gasteiger partial charge in [0, 0.05) is 5.92 Å². The molecule has 3 atom stereocenters. The lowest BCUT2D eigenvalue weighted by molar-refractivity contribution is -0.0241. The van der Waals surface area contributed by atoms with Crippen LogP contribution in [0.1, 0.15) is 19.6 Å². The van der Waals surface area contributed by atoms with Crippen LogP contribution in [0.5, 0.6) is 0 Å². The molecule has 9 heteroatoms. The third kappa shape index (κ3) is 2.23. The van der Waals surface area contributed by atoms with Crippen molar-refractivity contribution in [2.24, 2.45) is 5.92 Å². The first-order valence-electron chi connectivity index (χ1n) is 6.23. The zero-order chi connectivity index (χ0) is 14.3. The summed E-state index contributed by atoms with van der Waals surface area (Å²) in [6, 6.07) is 0. The van der Waals surface area contributed by atoms with Crippen LogP contribution in [0.2, 0.25) is 5.15 Å². The van der Waals surface area contributed by atoms with Crippen LogP contribution >= 0.6 is 11.6 Å². The van der Waals surface area contributed by atoms with Crippen LogP contribution in [0.25, 0.3) is 11.2 Å².